The fourth-order valence-electron chi connectivity index (χ4n) is 3.30. The molecule has 0 saturated carbocycles. The molecule has 0 aliphatic carbocycles. The molecule has 128 valence electrons. The van der Waals surface area contributed by atoms with Gasteiger partial charge in [-0.25, -0.2) is 0 Å². The molecule has 1 aliphatic rings. The molecular weight excluding hydrogens is 314 g/mol. The first-order chi connectivity index (χ1) is 12.2. The van der Waals surface area contributed by atoms with Crippen molar-refractivity contribution in [1.29, 1.82) is 0 Å². The number of hydrogen-bond donors (Lipinski definition) is 2. The third-order valence-electron chi connectivity index (χ3n) is 4.79. The van der Waals surface area contributed by atoms with E-state index in [9.17, 15) is 4.79 Å². The number of methoxy groups -OCH3 is 1. The van der Waals surface area contributed by atoms with Gasteiger partial charge in [0.1, 0.15) is 0 Å². The molecule has 2 heterocycles. The highest BCUT2D eigenvalue weighted by atomic mass is 16.5. The summed E-state index contributed by atoms with van der Waals surface area (Å²) in [6, 6.07) is 15.6. The van der Waals surface area contributed by atoms with Gasteiger partial charge in [0.25, 0.3) is 5.91 Å². The zero-order chi connectivity index (χ0) is 17.2. The smallest absolute Gasteiger partial charge is 0.255 e. The molecule has 2 aromatic carbocycles. The van der Waals surface area contributed by atoms with Gasteiger partial charge in [0.2, 0.25) is 0 Å². The van der Waals surface area contributed by atoms with Crippen molar-refractivity contribution in [3.8, 4) is 0 Å². The Morgan fingerprint density at radius 2 is 2.04 bits per heavy atom. The van der Waals surface area contributed by atoms with Gasteiger partial charge in [-0.15, -0.1) is 0 Å². The lowest BCUT2D eigenvalue weighted by atomic mass is 10.1. The van der Waals surface area contributed by atoms with Gasteiger partial charge in [0.15, 0.2) is 0 Å². The molecule has 3 aromatic rings. The molecule has 0 spiro atoms. The molecule has 0 unspecified atom stereocenters. The second-order valence-electron chi connectivity index (χ2n) is 6.37. The zero-order valence-electron chi connectivity index (χ0n) is 14.2. The minimum Gasteiger partial charge on any atom is -0.380 e. The van der Waals surface area contributed by atoms with E-state index in [4.69, 9.17) is 4.74 Å². The molecule has 1 aromatic heterocycles. The molecule has 1 amide bonds. The summed E-state index contributed by atoms with van der Waals surface area (Å²) >= 11 is 0. The van der Waals surface area contributed by atoms with Gasteiger partial charge in [-0.2, -0.15) is 0 Å². The van der Waals surface area contributed by atoms with E-state index < -0.39 is 0 Å². The standard InChI is InChI=1S/C20H21N3O2/c1-25-18-9-11-23(13-18)17-6-4-16(5-7-17)22-20(24)15-3-2-14-8-10-21-19(14)12-15/h2-8,10,12,18,21H,9,11,13H2,1H3,(H,22,24)/t18-/m1/s1. The van der Waals surface area contributed by atoms with Gasteiger partial charge in [0.05, 0.1) is 6.10 Å². The van der Waals surface area contributed by atoms with Gasteiger partial charge >= 0.3 is 0 Å². The van der Waals surface area contributed by atoms with Crippen molar-refractivity contribution in [1.82, 2.24) is 4.98 Å². The highest BCUT2D eigenvalue weighted by Crippen LogP contribution is 2.24. The normalized spacial score (nSPS) is 17.2. The maximum atomic E-state index is 12.5. The first kappa shape index (κ1) is 15.7. The largest absolute Gasteiger partial charge is 0.380 e. The minimum absolute atomic E-state index is 0.107. The van der Waals surface area contributed by atoms with Crippen molar-refractivity contribution in [2.24, 2.45) is 0 Å². The Balaban J connectivity index is 1.44. The van der Waals surface area contributed by atoms with Crippen LogP contribution >= 0.6 is 0 Å². The Labute approximate surface area is 146 Å². The number of carbonyl (C=O) groups excluding carboxylic acids is 1. The number of rotatable bonds is 4. The highest BCUT2D eigenvalue weighted by molar-refractivity contribution is 6.06. The predicted octanol–water partition coefficient (Wildman–Crippen LogP) is 3.65. The number of aromatic amines is 1. The van der Waals surface area contributed by atoms with Crippen molar-refractivity contribution >= 4 is 28.2 Å². The molecule has 1 aliphatic heterocycles. The number of amides is 1. The van der Waals surface area contributed by atoms with Crippen LogP contribution in [0.5, 0.6) is 0 Å². The molecule has 1 saturated heterocycles. The third-order valence-corrected chi connectivity index (χ3v) is 4.79. The SMILES string of the molecule is CO[C@@H]1CCN(c2ccc(NC(=O)c3ccc4cc[nH]c4c3)cc2)C1. The number of anilines is 2. The van der Waals surface area contributed by atoms with E-state index in [1.165, 1.54) is 0 Å². The van der Waals surface area contributed by atoms with Crippen LogP contribution in [0.25, 0.3) is 10.9 Å². The lowest BCUT2D eigenvalue weighted by Crippen LogP contribution is -2.22. The Morgan fingerprint density at radius 1 is 1.20 bits per heavy atom. The summed E-state index contributed by atoms with van der Waals surface area (Å²) in [5.41, 5.74) is 3.56. The van der Waals surface area contributed by atoms with Crippen molar-refractivity contribution in [3.05, 3.63) is 60.3 Å². The van der Waals surface area contributed by atoms with E-state index in [0.717, 1.165) is 41.8 Å². The van der Waals surface area contributed by atoms with Crippen LogP contribution in [-0.4, -0.2) is 37.2 Å². The lowest BCUT2D eigenvalue weighted by Gasteiger charge is -2.18. The molecule has 1 fully saturated rings. The third kappa shape index (κ3) is 3.23. The van der Waals surface area contributed by atoms with E-state index in [2.05, 4.69) is 15.2 Å². The zero-order valence-corrected chi connectivity index (χ0v) is 14.2. The second kappa shape index (κ2) is 6.61. The van der Waals surface area contributed by atoms with Crippen molar-refractivity contribution in [2.75, 3.05) is 30.4 Å². The average Bonchev–Trinajstić information content (AvgIpc) is 3.30. The van der Waals surface area contributed by atoms with E-state index in [1.807, 2.05) is 54.7 Å². The number of ether oxygens (including phenoxy) is 1. The Morgan fingerprint density at radius 3 is 2.80 bits per heavy atom. The fraction of sp³-hybridized carbons (Fsp3) is 0.250. The van der Waals surface area contributed by atoms with Gasteiger partial charge in [-0.1, -0.05) is 6.07 Å². The summed E-state index contributed by atoms with van der Waals surface area (Å²) in [7, 11) is 1.76. The molecule has 5 heteroatoms. The number of nitrogens with zero attached hydrogens (tertiary/aromatic N) is 1. The van der Waals surface area contributed by atoms with Crippen LogP contribution < -0.4 is 10.2 Å². The monoisotopic (exact) mass is 335 g/mol. The van der Waals surface area contributed by atoms with Crippen LogP contribution in [-0.2, 0) is 4.74 Å². The topological polar surface area (TPSA) is 57.4 Å². The highest BCUT2D eigenvalue weighted by Gasteiger charge is 2.22. The molecule has 0 bridgehead atoms. The number of aromatic nitrogens is 1. The Hall–Kier alpha value is -2.79. The first-order valence-electron chi connectivity index (χ1n) is 8.49. The molecule has 2 N–H and O–H groups in total. The molecule has 1 atom stereocenters. The second-order valence-corrected chi connectivity index (χ2v) is 6.37. The van der Waals surface area contributed by atoms with Crippen LogP contribution in [0.1, 0.15) is 16.8 Å². The van der Waals surface area contributed by atoms with Crippen molar-refractivity contribution in [3.63, 3.8) is 0 Å². The quantitative estimate of drug-likeness (QED) is 0.765. The summed E-state index contributed by atoms with van der Waals surface area (Å²) in [5.74, 6) is -0.107. The van der Waals surface area contributed by atoms with Crippen LogP contribution in [0.15, 0.2) is 54.7 Å². The van der Waals surface area contributed by atoms with Crippen molar-refractivity contribution < 1.29 is 9.53 Å². The number of H-pyrrole nitrogens is 1. The van der Waals surface area contributed by atoms with Crippen LogP contribution in [0, 0.1) is 0 Å². The molecule has 5 nitrogen and oxygen atoms in total. The van der Waals surface area contributed by atoms with Gasteiger partial charge in [-0.3, -0.25) is 4.79 Å². The summed E-state index contributed by atoms with van der Waals surface area (Å²) < 4.78 is 5.41. The van der Waals surface area contributed by atoms with E-state index in [0.29, 0.717) is 11.7 Å². The fourth-order valence-corrected chi connectivity index (χ4v) is 3.30. The molecule has 0 radical (unpaired) electrons. The predicted molar refractivity (Wildman–Crippen MR) is 100 cm³/mol. The van der Waals surface area contributed by atoms with E-state index >= 15 is 0 Å². The number of carbonyl (C=O) groups is 1. The maximum Gasteiger partial charge on any atom is 0.255 e. The minimum atomic E-state index is -0.107. The summed E-state index contributed by atoms with van der Waals surface area (Å²) in [6.45, 7) is 1.92. The number of fused-ring (bicyclic) bond motifs is 1. The van der Waals surface area contributed by atoms with Crippen LogP contribution in [0.3, 0.4) is 0 Å². The van der Waals surface area contributed by atoms with E-state index in [1.54, 1.807) is 7.11 Å². The average molecular weight is 335 g/mol. The van der Waals surface area contributed by atoms with Gasteiger partial charge < -0.3 is 19.9 Å². The number of benzene rings is 2. The summed E-state index contributed by atoms with van der Waals surface area (Å²) in [4.78, 5) is 17.9. The summed E-state index contributed by atoms with van der Waals surface area (Å²) in [5, 5.41) is 4.05. The molecule has 4 rings (SSSR count). The first-order valence-corrected chi connectivity index (χ1v) is 8.49. The van der Waals surface area contributed by atoms with E-state index in [-0.39, 0.29) is 5.91 Å². The van der Waals surface area contributed by atoms with Crippen LogP contribution in [0.2, 0.25) is 0 Å². The van der Waals surface area contributed by atoms with Crippen LogP contribution in [0.4, 0.5) is 11.4 Å². The molecule has 25 heavy (non-hydrogen) atoms. The Bertz CT molecular complexity index is 885. The number of hydrogen-bond acceptors (Lipinski definition) is 3. The maximum absolute atomic E-state index is 12.5. The van der Waals surface area contributed by atoms with Crippen molar-refractivity contribution in [2.45, 2.75) is 12.5 Å². The summed E-state index contributed by atoms with van der Waals surface area (Å²) in [6.07, 6.45) is 3.23. The number of nitrogens with one attached hydrogen (secondary N) is 2. The Kier molecular flexibility index (Phi) is 4.15. The molecular formula is C20H21N3O2. The van der Waals surface area contributed by atoms with Gasteiger partial charge in [-0.05, 0) is 54.3 Å². The lowest BCUT2D eigenvalue weighted by molar-refractivity contribution is 0.102. The van der Waals surface area contributed by atoms with Gasteiger partial charge in [0, 0.05) is 48.9 Å².